The van der Waals surface area contributed by atoms with Crippen LogP contribution in [0.4, 0.5) is 18.9 Å². The van der Waals surface area contributed by atoms with Gasteiger partial charge in [-0.05, 0) is 18.6 Å². The smallest absolute Gasteiger partial charge is 0.325 e. The lowest BCUT2D eigenvalue weighted by Crippen LogP contribution is -2.23. The number of aromatic nitrogens is 3. The molecule has 0 fully saturated rings. The second-order valence-corrected chi connectivity index (χ2v) is 7.33. The van der Waals surface area contributed by atoms with E-state index in [0.29, 0.717) is 5.69 Å². The first-order valence-electron chi connectivity index (χ1n) is 8.36. The van der Waals surface area contributed by atoms with Gasteiger partial charge in [-0.25, -0.2) is 0 Å². The largest absolute Gasteiger partial charge is 0.451 e. The van der Waals surface area contributed by atoms with Crippen LogP contribution in [0.25, 0.3) is 11.1 Å². The van der Waals surface area contributed by atoms with Gasteiger partial charge < -0.3 is 9.88 Å². The van der Waals surface area contributed by atoms with Crippen LogP contribution in [-0.4, -0.2) is 25.9 Å². The monoisotopic (exact) mass is 406 g/mol. The van der Waals surface area contributed by atoms with Crippen LogP contribution >= 0.6 is 11.8 Å². The minimum atomic E-state index is -4.60. The summed E-state index contributed by atoms with van der Waals surface area (Å²) >= 11 is 0.913. The summed E-state index contributed by atoms with van der Waals surface area (Å²) in [5.74, 6) is -1.44. The number of halogens is 3. The molecule has 0 aliphatic heterocycles. The molecule has 1 aromatic heterocycles. The van der Waals surface area contributed by atoms with E-state index in [1.54, 1.807) is 19.1 Å². The number of benzene rings is 2. The maximum Gasteiger partial charge on any atom is 0.451 e. The van der Waals surface area contributed by atoms with Crippen LogP contribution in [-0.2, 0) is 18.0 Å². The number of anilines is 1. The molecule has 3 rings (SSSR count). The fourth-order valence-electron chi connectivity index (χ4n) is 2.57. The Morgan fingerprint density at radius 2 is 1.71 bits per heavy atom. The van der Waals surface area contributed by atoms with E-state index in [4.69, 9.17) is 0 Å². The molecule has 0 radical (unpaired) electrons. The van der Waals surface area contributed by atoms with Crippen molar-refractivity contribution in [3.05, 3.63) is 60.4 Å². The SMILES string of the molecule is CC(Sc1nnc(C(F)(F)F)n1C)C(=O)Nc1ccccc1-c1ccccc1. The van der Waals surface area contributed by atoms with Gasteiger partial charge in [-0.2, -0.15) is 13.2 Å². The summed E-state index contributed by atoms with van der Waals surface area (Å²) in [6, 6.07) is 16.9. The molecule has 28 heavy (non-hydrogen) atoms. The molecule has 9 heteroatoms. The van der Waals surface area contributed by atoms with E-state index in [1.165, 1.54) is 7.05 Å². The van der Waals surface area contributed by atoms with Crippen LogP contribution < -0.4 is 5.32 Å². The van der Waals surface area contributed by atoms with Crippen molar-refractivity contribution >= 4 is 23.4 Å². The minimum absolute atomic E-state index is 0.0197. The number of alkyl halides is 3. The predicted molar refractivity (Wildman–Crippen MR) is 102 cm³/mol. The zero-order valence-electron chi connectivity index (χ0n) is 15.1. The van der Waals surface area contributed by atoms with E-state index in [0.717, 1.165) is 27.5 Å². The number of carbonyl (C=O) groups is 1. The summed E-state index contributed by atoms with van der Waals surface area (Å²) in [4.78, 5) is 12.6. The molecular weight excluding hydrogens is 389 g/mol. The van der Waals surface area contributed by atoms with Crippen molar-refractivity contribution in [1.29, 1.82) is 0 Å². The molecule has 1 unspecified atom stereocenters. The molecule has 0 bridgehead atoms. The van der Waals surface area contributed by atoms with Gasteiger partial charge in [-0.1, -0.05) is 60.3 Å². The van der Waals surface area contributed by atoms with E-state index in [2.05, 4.69) is 15.5 Å². The molecule has 1 amide bonds. The summed E-state index contributed by atoms with van der Waals surface area (Å²) in [5, 5.41) is 8.92. The van der Waals surface area contributed by atoms with Crippen molar-refractivity contribution in [2.75, 3.05) is 5.32 Å². The van der Waals surface area contributed by atoms with E-state index >= 15 is 0 Å². The first kappa shape index (κ1) is 19.9. The third-order valence-electron chi connectivity index (χ3n) is 4.01. The lowest BCUT2D eigenvalue weighted by atomic mass is 10.0. The Morgan fingerprint density at radius 3 is 2.36 bits per heavy atom. The summed E-state index contributed by atoms with van der Waals surface area (Å²) in [6.45, 7) is 1.60. The average molecular weight is 406 g/mol. The highest BCUT2D eigenvalue weighted by Gasteiger charge is 2.37. The van der Waals surface area contributed by atoms with Gasteiger partial charge in [0.05, 0.1) is 5.25 Å². The lowest BCUT2D eigenvalue weighted by molar-refractivity contribution is -0.147. The van der Waals surface area contributed by atoms with Crippen LogP contribution in [0.3, 0.4) is 0 Å². The van der Waals surface area contributed by atoms with Crippen molar-refractivity contribution < 1.29 is 18.0 Å². The molecule has 146 valence electrons. The number of rotatable bonds is 5. The molecule has 0 aliphatic carbocycles. The first-order valence-corrected chi connectivity index (χ1v) is 9.24. The van der Waals surface area contributed by atoms with Crippen molar-refractivity contribution in [2.45, 2.75) is 23.5 Å². The third kappa shape index (κ3) is 4.36. The molecule has 3 aromatic rings. The molecule has 5 nitrogen and oxygen atoms in total. The van der Waals surface area contributed by atoms with E-state index in [9.17, 15) is 18.0 Å². The number of thioether (sulfide) groups is 1. The molecule has 0 saturated heterocycles. The van der Waals surface area contributed by atoms with Gasteiger partial charge >= 0.3 is 6.18 Å². The summed E-state index contributed by atoms with van der Waals surface area (Å²) < 4.78 is 39.4. The Kier molecular flexibility index (Phi) is 5.73. The number of nitrogens with one attached hydrogen (secondary N) is 1. The van der Waals surface area contributed by atoms with Crippen molar-refractivity contribution in [2.24, 2.45) is 7.05 Å². The first-order chi connectivity index (χ1) is 13.3. The Balaban J connectivity index is 1.75. The van der Waals surface area contributed by atoms with Crippen molar-refractivity contribution in [1.82, 2.24) is 14.8 Å². The number of amides is 1. The number of hydrogen-bond acceptors (Lipinski definition) is 4. The summed E-state index contributed by atoms with van der Waals surface area (Å²) in [5.41, 5.74) is 2.42. The quantitative estimate of drug-likeness (QED) is 0.628. The number of hydrogen-bond donors (Lipinski definition) is 1. The predicted octanol–water partition coefficient (Wildman–Crippen LogP) is 4.62. The van der Waals surface area contributed by atoms with Crippen LogP contribution in [0.15, 0.2) is 59.8 Å². The molecule has 1 N–H and O–H groups in total. The third-order valence-corrected chi connectivity index (χ3v) is 5.14. The zero-order valence-corrected chi connectivity index (χ0v) is 15.9. The fraction of sp³-hybridized carbons (Fsp3) is 0.211. The van der Waals surface area contributed by atoms with Crippen molar-refractivity contribution in [3.8, 4) is 11.1 Å². The van der Waals surface area contributed by atoms with Gasteiger partial charge in [-0.15, -0.1) is 10.2 Å². The zero-order chi connectivity index (χ0) is 20.3. The Bertz CT molecular complexity index is 973. The Hall–Kier alpha value is -2.81. The van der Waals surface area contributed by atoms with Crippen LogP contribution in [0.5, 0.6) is 0 Å². The summed E-state index contributed by atoms with van der Waals surface area (Å²) in [7, 11) is 1.22. The fourth-order valence-corrected chi connectivity index (χ4v) is 3.39. The molecular formula is C19H17F3N4OS. The van der Waals surface area contributed by atoms with E-state index in [1.807, 2.05) is 42.5 Å². The normalized spacial score (nSPS) is 12.6. The van der Waals surface area contributed by atoms with E-state index in [-0.39, 0.29) is 11.1 Å². The van der Waals surface area contributed by atoms with Gasteiger partial charge in [0.1, 0.15) is 0 Å². The molecule has 0 saturated carbocycles. The van der Waals surface area contributed by atoms with Gasteiger partial charge in [0.15, 0.2) is 5.16 Å². The van der Waals surface area contributed by atoms with Gasteiger partial charge in [-0.3, -0.25) is 4.79 Å². The maximum atomic E-state index is 12.8. The lowest BCUT2D eigenvalue weighted by Gasteiger charge is -2.15. The highest BCUT2D eigenvalue weighted by Crippen LogP contribution is 2.32. The molecule has 2 aromatic carbocycles. The molecule has 0 aliphatic rings. The van der Waals surface area contributed by atoms with E-state index < -0.39 is 17.3 Å². The Labute approximate surface area is 164 Å². The maximum absolute atomic E-state index is 12.8. The van der Waals surface area contributed by atoms with Crippen LogP contribution in [0, 0.1) is 0 Å². The standard InChI is InChI=1S/C19H17F3N4OS/c1-12(28-18-25-24-17(26(18)2)19(20,21)22)16(27)23-15-11-7-6-10-14(15)13-8-4-3-5-9-13/h3-12H,1-2H3,(H,23,27). The molecule has 0 spiro atoms. The topological polar surface area (TPSA) is 59.8 Å². The molecule has 1 atom stereocenters. The highest BCUT2D eigenvalue weighted by atomic mass is 32.2. The van der Waals surface area contributed by atoms with Gasteiger partial charge in [0.25, 0.3) is 0 Å². The van der Waals surface area contributed by atoms with Crippen LogP contribution in [0.1, 0.15) is 12.7 Å². The minimum Gasteiger partial charge on any atom is -0.325 e. The molecule has 1 heterocycles. The number of para-hydroxylation sites is 1. The summed E-state index contributed by atoms with van der Waals surface area (Å²) in [6.07, 6.45) is -4.60. The average Bonchev–Trinajstić information content (AvgIpc) is 3.03. The van der Waals surface area contributed by atoms with Gasteiger partial charge in [0.2, 0.25) is 11.7 Å². The number of carbonyl (C=O) groups excluding carboxylic acids is 1. The Morgan fingerprint density at radius 1 is 1.07 bits per heavy atom. The van der Waals surface area contributed by atoms with Gasteiger partial charge in [0, 0.05) is 18.3 Å². The number of nitrogens with zero attached hydrogens (tertiary/aromatic N) is 3. The van der Waals surface area contributed by atoms with Crippen LogP contribution in [0.2, 0.25) is 0 Å². The van der Waals surface area contributed by atoms with Crippen molar-refractivity contribution in [3.63, 3.8) is 0 Å². The highest BCUT2D eigenvalue weighted by molar-refractivity contribution is 8.00. The second kappa shape index (κ2) is 8.05. The second-order valence-electron chi connectivity index (χ2n) is 6.02.